The van der Waals surface area contributed by atoms with Crippen molar-refractivity contribution in [3.63, 3.8) is 0 Å². The van der Waals surface area contributed by atoms with Gasteiger partial charge in [0.15, 0.2) is 0 Å². The summed E-state index contributed by atoms with van der Waals surface area (Å²) in [6.07, 6.45) is 2.85. The van der Waals surface area contributed by atoms with E-state index in [0.29, 0.717) is 0 Å². The van der Waals surface area contributed by atoms with E-state index < -0.39 is 23.8 Å². The lowest BCUT2D eigenvalue weighted by molar-refractivity contribution is -0.144. The Labute approximate surface area is 211 Å². The van der Waals surface area contributed by atoms with Gasteiger partial charge in [-0.05, 0) is 83.4 Å². The van der Waals surface area contributed by atoms with Gasteiger partial charge in [0.25, 0.3) is 0 Å². The molecule has 0 spiro atoms. The molecule has 0 aliphatic heterocycles. The molecule has 1 aliphatic rings. The quantitative estimate of drug-likeness (QED) is 0.475. The van der Waals surface area contributed by atoms with Crippen molar-refractivity contribution in [2.45, 2.75) is 118 Å². The van der Waals surface area contributed by atoms with Gasteiger partial charge in [-0.2, -0.15) is 0 Å². The highest BCUT2D eigenvalue weighted by Crippen LogP contribution is 2.38. The predicted octanol–water partition coefficient (Wildman–Crippen LogP) is 5.19. The van der Waals surface area contributed by atoms with Gasteiger partial charge >= 0.3 is 6.09 Å². The first kappa shape index (κ1) is 28.7. The summed E-state index contributed by atoms with van der Waals surface area (Å²) in [5, 5.41) is 5.93. The van der Waals surface area contributed by atoms with Crippen LogP contribution in [0.5, 0.6) is 0 Å². The van der Waals surface area contributed by atoms with Crippen LogP contribution in [0.4, 0.5) is 4.79 Å². The predicted molar refractivity (Wildman–Crippen MR) is 139 cm³/mol. The topological polar surface area (TPSA) is 87.7 Å². The molecule has 0 saturated heterocycles. The Balaban J connectivity index is 2.50. The molecule has 3 amide bonds. The maximum atomic E-state index is 14.1. The molecule has 7 nitrogen and oxygen atoms in total. The summed E-state index contributed by atoms with van der Waals surface area (Å²) < 4.78 is 5.43. The van der Waals surface area contributed by atoms with Gasteiger partial charge in [0, 0.05) is 12.1 Å². The average molecular weight is 488 g/mol. The Morgan fingerprint density at radius 1 is 1.06 bits per heavy atom. The van der Waals surface area contributed by atoms with Gasteiger partial charge in [0.2, 0.25) is 11.8 Å². The van der Waals surface area contributed by atoms with E-state index in [-0.39, 0.29) is 29.8 Å². The van der Waals surface area contributed by atoms with Crippen LogP contribution in [0.25, 0.3) is 0 Å². The van der Waals surface area contributed by atoms with Gasteiger partial charge in [-0.1, -0.05) is 45.4 Å². The zero-order valence-corrected chi connectivity index (χ0v) is 23.0. The number of carbonyl (C=O) groups excluding carboxylic acids is 3. The fraction of sp³-hybridized carbons (Fsp3) is 0.679. The number of benzene rings is 1. The molecule has 0 radical (unpaired) electrons. The molecule has 1 aromatic rings. The first-order valence-corrected chi connectivity index (χ1v) is 12.9. The van der Waals surface area contributed by atoms with Crippen LogP contribution in [-0.2, 0) is 14.3 Å². The smallest absolute Gasteiger partial charge is 0.408 e. The van der Waals surface area contributed by atoms with E-state index in [1.54, 1.807) is 25.7 Å². The van der Waals surface area contributed by atoms with E-state index in [9.17, 15) is 14.4 Å². The number of hydrogen-bond acceptors (Lipinski definition) is 4. The third-order valence-corrected chi connectivity index (χ3v) is 6.25. The third-order valence-electron chi connectivity index (χ3n) is 6.25. The monoisotopic (exact) mass is 487 g/mol. The van der Waals surface area contributed by atoms with E-state index >= 15 is 0 Å². The lowest BCUT2D eigenvalue weighted by Crippen LogP contribution is -2.56. The highest BCUT2D eigenvalue weighted by atomic mass is 16.6. The van der Waals surface area contributed by atoms with Gasteiger partial charge in [-0.3, -0.25) is 9.59 Å². The summed E-state index contributed by atoms with van der Waals surface area (Å²) in [6.45, 7) is 17.2. The molecule has 1 saturated carbocycles. The molecule has 0 aromatic heterocycles. The Bertz CT molecular complexity index is 882. The maximum Gasteiger partial charge on any atom is 0.408 e. The summed E-state index contributed by atoms with van der Waals surface area (Å²) in [5.74, 6) is -0.611. The molecular formula is C28H45N3O4. The number of alkyl carbamates (subject to hydrolysis) is 1. The number of ether oxygens (including phenoxy) is 1. The van der Waals surface area contributed by atoms with Crippen molar-refractivity contribution in [1.82, 2.24) is 15.5 Å². The van der Waals surface area contributed by atoms with Crippen molar-refractivity contribution >= 4 is 17.9 Å². The van der Waals surface area contributed by atoms with Crippen LogP contribution in [-0.4, -0.2) is 46.5 Å². The summed E-state index contributed by atoms with van der Waals surface area (Å²) in [4.78, 5) is 42.2. The SMILES string of the molecule is CCCC(C)NC(=O)C(c1c(C)cccc1C)N(C(=O)C(NC(=O)OC(C)(C)C)C(C)C)C1CC1. The molecule has 0 heterocycles. The minimum atomic E-state index is -0.807. The van der Waals surface area contributed by atoms with Gasteiger partial charge < -0.3 is 20.3 Å². The molecule has 1 aliphatic carbocycles. The Hall–Kier alpha value is -2.57. The van der Waals surface area contributed by atoms with Crippen molar-refractivity contribution in [2.24, 2.45) is 5.92 Å². The number of hydrogen-bond donors (Lipinski definition) is 2. The number of rotatable bonds is 10. The Morgan fingerprint density at radius 3 is 2.09 bits per heavy atom. The molecule has 3 atom stereocenters. The minimum Gasteiger partial charge on any atom is -0.444 e. The number of nitrogens with zero attached hydrogens (tertiary/aromatic N) is 1. The van der Waals surface area contributed by atoms with Crippen molar-refractivity contribution in [1.29, 1.82) is 0 Å². The highest BCUT2D eigenvalue weighted by Gasteiger charge is 2.45. The Kier molecular flexibility index (Phi) is 9.76. The van der Waals surface area contributed by atoms with E-state index in [1.165, 1.54) is 0 Å². The van der Waals surface area contributed by atoms with Crippen LogP contribution >= 0.6 is 0 Å². The fourth-order valence-electron chi connectivity index (χ4n) is 4.46. The summed E-state index contributed by atoms with van der Waals surface area (Å²) in [5.41, 5.74) is 2.11. The second-order valence-electron chi connectivity index (χ2n) is 11.3. The van der Waals surface area contributed by atoms with Crippen LogP contribution in [0.2, 0.25) is 0 Å². The second-order valence-corrected chi connectivity index (χ2v) is 11.3. The third kappa shape index (κ3) is 7.97. The van der Waals surface area contributed by atoms with Gasteiger partial charge in [0.1, 0.15) is 17.7 Å². The molecule has 1 fully saturated rings. The fourth-order valence-corrected chi connectivity index (χ4v) is 4.46. The van der Waals surface area contributed by atoms with Crippen LogP contribution in [0.15, 0.2) is 18.2 Å². The van der Waals surface area contributed by atoms with Gasteiger partial charge in [-0.15, -0.1) is 0 Å². The molecule has 2 rings (SSSR count). The molecule has 7 heteroatoms. The van der Waals surface area contributed by atoms with Crippen LogP contribution in [0.1, 0.15) is 96.9 Å². The first-order chi connectivity index (χ1) is 16.3. The molecule has 0 bridgehead atoms. The lowest BCUT2D eigenvalue weighted by Gasteiger charge is -2.37. The van der Waals surface area contributed by atoms with Crippen molar-refractivity contribution < 1.29 is 19.1 Å². The lowest BCUT2D eigenvalue weighted by atomic mass is 9.92. The van der Waals surface area contributed by atoms with Crippen molar-refractivity contribution in [2.75, 3.05) is 0 Å². The molecule has 35 heavy (non-hydrogen) atoms. The number of aryl methyl sites for hydroxylation is 2. The molecule has 2 N–H and O–H groups in total. The zero-order chi connectivity index (χ0) is 26.5. The average Bonchev–Trinajstić information content (AvgIpc) is 3.54. The van der Waals surface area contributed by atoms with Crippen LogP contribution in [0, 0.1) is 19.8 Å². The largest absolute Gasteiger partial charge is 0.444 e. The van der Waals surface area contributed by atoms with E-state index in [0.717, 1.165) is 42.4 Å². The number of amides is 3. The zero-order valence-electron chi connectivity index (χ0n) is 23.0. The number of carbonyl (C=O) groups is 3. The molecule has 3 unspecified atom stereocenters. The van der Waals surface area contributed by atoms with Crippen molar-refractivity contribution in [3.05, 3.63) is 34.9 Å². The van der Waals surface area contributed by atoms with Gasteiger partial charge in [0.05, 0.1) is 0 Å². The summed E-state index contributed by atoms with van der Waals surface area (Å²) >= 11 is 0. The Morgan fingerprint density at radius 2 is 1.63 bits per heavy atom. The summed E-state index contributed by atoms with van der Waals surface area (Å²) in [6, 6.07) is 4.30. The van der Waals surface area contributed by atoms with E-state index in [2.05, 4.69) is 17.6 Å². The van der Waals surface area contributed by atoms with Crippen LogP contribution in [0.3, 0.4) is 0 Å². The van der Waals surface area contributed by atoms with Crippen LogP contribution < -0.4 is 10.6 Å². The maximum absolute atomic E-state index is 14.1. The molecular weight excluding hydrogens is 442 g/mol. The van der Waals surface area contributed by atoms with Crippen molar-refractivity contribution in [3.8, 4) is 0 Å². The second kappa shape index (κ2) is 11.9. The number of nitrogens with one attached hydrogen (secondary N) is 2. The minimum absolute atomic E-state index is 0.00346. The first-order valence-electron chi connectivity index (χ1n) is 12.9. The molecule has 196 valence electrons. The highest BCUT2D eigenvalue weighted by molar-refractivity contribution is 5.93. The van der Waals surface area contributed by atoms with Gasteiger partial charge in [-0.25, -0.2) is 4.79 Å². The normalized spacial score (nSPS) is 16.3. The standard InChI is InChI=1S/C28H45N3O4/c1-10-12-20(6)29-25(32)24(22-18(4)13-11-14-19(22)5)31(21-15-16-21)26(33)23(17(2)3)30-27(34)35-28(7,8)9/h11,13-14,17,20-21,23-24H,10,12,15-16H2,1-9H3,(H,29,32)(H,30,34). The summed E-state index contributed by atoms with van der Waals surface area (Å²) in [7, 11) is 0. The van der Waals surface area contributed by atoms with E-state index in [1.807, 2.05) is 52.8 Å². The molecule has 1 aromatic carbocycles. The van der Waals surface area contributed by atoms with E-state index in [4.69, 9.17) is 4.74 Å².